The molecular formula is C26H24ClFN4O2. The quantitative estimate of drug-likeness (QED) is 0.564. The predicted octanol–water partition coefficient (Wildman–Crippen LogP) is 5.12. The molecule has 1 aliphatic rings. The van der Waals surface area contributed by atoms with Gasteiger partial charge in [-0.25, -0.2) is 4.39 Å². The van der Waals surface area contributed by atoms with Crippen LogP contribution in [0.1, 0.15) is 45.8 Å². The molecule has 174 valence electrons. The van der Waals surface area contributed by atoms with Gasteiger partial charge in [-0.1, -0.05) is 23.7 Å². The summed E-state index contributed by atoms with van der Waals surface area (Å²) in [5, 5.41) is 12.2. The number of nitriles is 1. The zero-order valence-corrected chi connectivity index (χ0v) is 19.7. The Hall–Kier alpha value is -3.63. The minimum atomic E-state index is -0.415. The molecule has 0 saturated carbocycles. The van der Waals surface area contributed by atoms with E-state index < -0.39 is 5.56 Å². The standard InChI is InChI=1S/C26H24ClFN4O2/c1-16-13-17(14-29)3-8-22(16)30-24-21(15-31(2)26(34)23(24)27)25(33)32-11-9-19(10-12-32)18-4-6-20(28)7-5-18/h3-8,13,15,19,30H,9-12H2,1-2H3. The van der Waals surface area contributed by atoms with E-state index in [2.05, 4.69) is 11.4 Å². The van der Waals surface area contributed by atoms with Gasteiger partial charge in [0, 0.05) is 32.0 Å². The molecule has 4 rings (SSSR count). The third-order valence-electron chi connectivity index (χ3n) is 6.29. The molecule has 34 heavy (non-hydrogen) atoms. The first kappa shape index (κ1) is 23.5. The predicted molar refractivity (Wildman–Crippen MR) is 130 cm³/mol. The van der Waals surface area contributed by atoms with Crippen molar-refractivity contribution in [3.05, 3.63) is 92.1 Å². The summed E-state index contributed by atoms with van der Waals surface area (Å²) in [5.74, 6) is -0.225. The van der Waals surface area contributed by atoms with Gasteiger partial charge >= 0.3 is 0 Å². The summed E-state index contributed by atoms with van der Waals surface area (Å²) in [6, 6.07) is 13.7. The Morgan fingerprint density at radius 2 is 1.85 bits per heavy atom. The van der Waals surface area contributed by atoms with Crippen LogP contribution in [-0.2, 0) is 7.05 Å². The van der Waals surface area contributed by atoms with Gasteiger partial charge in [-0.2, -0.15) is 5.26 Å². The summed E-state index contributed by atoms with van der Waals surface area (Å²) in [6.07, 6.45) is 3.02. The van der Waals surface area contributed by atoms with E-state index in [1.54, 1.807) is 42.3 Å². The average Bonchev–Trinajstić information content (AvgIpc) is 2.85. The molecule has 1 N–H and O–H groups in total. The number of aryl methyl sites for hydroxylation is 2. The van der Waals surface area contributed by atoms with Gasteiger partial charge in [0.05, 0.1) is 22.9 Å². The molecule has 0 aliphatic carbocycles. The van der Waals surface area contributed by atoms with Crippen molar-refractivity contribution in [1.82, 2.24) is 9.47 Å². The van der Waals surface area contributed by atoms with E-state index >= 15 is 0 Å². The number of pyridine rings is 1. The van der Waals surface area contributed by atoms with E-state index in [9.17, 15) is 14.0 Å². The summed E-state index contributed by atoms with van der Waals surface area (Å²) in [6.45, 7) is 2.91. The van der Waals surface area contributed by atoms with E-state index in [-0.39, 0.29) is 28.4 Å². The molecule has 0 spiro atoms. The lowest BCUT2D eigenvalue weighted by atomic mass is 9.89. The third-order valence-corrected chi connectivity index (χ3v) is 6.64. The number of amides is 1. The Morgan fingerprint density at radius 1 is 1.18 bits per heavy atom. The van der Waals surface area contributed by atoms with Crippen LogP contribution in [0, 0.1) is 24.1 Å². The van der Waals surface area contributed by atoms with Gasteiger partial charge < -0.3 is 14.8 Å². The average molecular weight is 479 g/mol. The zero-order chi connectivity index (χ0) is 24.4. The Labute approximate surface area is 202 Å². The number of likely N-dealkylation sites (tertiary alicyclic amines) is 1. The highest BCUT2D eigenvalue weighted by molar-refractivity contribution is 6.34. The fourth-order valence-electron chi connectivity index (χ4n) is 4.31. The van der Waals surface area contributed by atoms with E-state index in [1.807, 2.05) is 6.92 Å². The molecule has 3 aromatic rings. The van der Waals surface area contributed by atoms with Crippen molar-refractivity contribution in [3.63, 3.8) is 0 Å². The van der Waals surface area contributed by atoms with Gasteiger partial charge in [0.15, 0.2) is 0 Å². The molecule has 1 aromatic heterocycles. The van der Waals surface area contributed by atoms with Crippen LogP contribution in [0.2, 0.25) is 5.02 Å². The number of carbonyl (C=O) groups is 1. The van der Waals surface area contributed by atoms with Gasteiger partial charge in [-0.05, 0) is 67.1 Å². The van der Waals surface area contributed by atoms with Crippen LogP contribution in [0.3, 0.4) is 0 Å². The second kappa shape index (κ2) is 9.70. The molecule has 0 bridgehead atoms. The van der Waals surface area contributed by atoms with Crippen LogP contribution in [0.15, 0.2) is 53.5 Å². The lowest BCUT2D eigenvalue weighted by Crippen LogP contribution is -2.39. The first-order chi connectivity index (χ1) is 16.3. The van der Waals surface area contributed by atoms with Crippen molar-refractivity contribution < 1.29 is 9.18 Å². The normalized spacial score (nSPS) is 14.0. The number of aromatic nitrogens is 1. The van der Waals surface area contributed by atoms with Crippen molar-refractivity contribution >= 4 is 28.9 Å². The Morgan fingerprint density at radius 3 is 2.47 bits per heavy atom. The fraction of sp³-hybridized carbons (Fsp3) is 0.269. The van der Waals surface area contributed by atoms with E-state index in [1.165, 1.54) is 22.9 Å². The number of rotatable bonds is 4. The van der Waals surface area contributed by atoms with Crippen molar-refractivity contribution in [3.8, 4) is 6.07 Å². The van der Waals surface area contributed by atoms with Gasteiger partial charge in [-0.15, -0.1) is 0 Å². The van der Waals surface area contributed by atoms with Crippen LogP contribution < -0.4 is 10.9 Å². The number of nitrogens with zero attached hydrogens (tertiary/aromatic N) is 3. The topological polar surface area (TPSA) is 78.1 Å². The van der Waals surface area contributed by atoms with Crippen molar-refractivity contribution in [2.24, 2.45) is 7.05 Å². The van der Waals surface area contributed by atoms with Gasteiger partial charge in [0.25, 0.3) is 11.5 Å². The number of piperidine rings is 1. The van der Waals surface area contributed by atoms with Gasteiger partial charge in [0.2, 0.25) is 0 Å². The largest absolute Gasteiger partial charge is 0.353 e. The summed E-state index contributed by atoms with van der Waals surface area (Å²) in [5.41, 5.74) is 3.16. The molecule has 2 aromatic carbocycles. The first-order valence-electron chi connectivity index (χ1n) is 11.0. The molecule has 0 radical (unpaired) electrons. The van der Waals surface area contributed by atoms with Crippen LogP contribution in [0.5, 0.6) is 0 Å². The number of carbonyl (C=O) groups excluding carboxylic acids is 1. The number of anilines is 2. The molecule has 1 fully saturated rings. The number of hydrogen-bond donors (Lipinski definition) is 1. The number of benzene rings is 2. The number of hydrogen-bond acceptors (Lipinski definition) is 4. The summed E-state index contributed by atoms with van der Waals surface area (Å²) >= 11 is 6.41. The van der Waals surface area contributed by atoms with Crippen molar-refractivity contribution in [2.45, 2.75) is 25.7 Å². The zero-order valence-electron chi connectivity index (χ0n) is 18.9. The van der Waals surface area contributed by atoms with Crippen molar-refractivity contribution in [1.29, 1.82) is 5.26 Å². The highest BCUT2D eigenvalue weighted by atomic mass is 35.5. The number of nitrogens with one attached hydrogen (secondary N) is 1. The maximum atomic E-state index is 13.5. The molecular weight excluding hydrogens is 455 g/mol. The second-order valence-corrected chi connectivity index (χ2v) is 8.91. The molecule has 2 heterocycles. The Kier molecular flexibility index (Phi) is 6.71. The van der Waals surface area contributed by atoms with Crippen LogP contribution in [0.25, 0.3) is 0 Å². The molecule has 0 unspecified atom stereocenters. The summed E-state index contributed by atoms with van der Waals surface area (Å²) in [7, 11) is 1.56. The minimum Gasteiger partial charge on any atom is -0.353 e. The lowest BCUT2D eigenvalue weighted by Gasteiger charge is -2.33. The first-order valence-corrected chi connectivity index (χ1v) is 11.4. The molecule has 1 saturated heterocycles. The van der Waals surface area contributed by atoms with Crippen LogP contribution >= 0.6 is 11.6 Å². The van der Waals surface area contributed by atoms with Crippen LogP contribution in [-0.4, -0.2) is 28.5 Å². The molecule has 6 nitrogen and oxygen atoms in total. The third kappa shape index (κ3) is 4.68. The van der Waals surface area contributed by atoms with Crippen LogP contribution in [0.4, 0.5) is 15.8 Å². The van der Waals surface area contributed by atoms with Crippen molar-refractivity contribution in [2.75, 3.05) is 18.4 Å². The summed E-state index contributed by atoms with van der Waals surface area (Å²) in [4.78, 5) is 27.8. The van der Waals surface area contributed by atoms with E-state index in [4.69, 9.17) is 16.9 Å². The minimum absolute atomic E-state index is 0.0710. The molecule has 0 atom stereocenters. The smallest absolute Gasteiger partial charge is 0.271 e. The second-order valence-electron chi connectivity index (χ2n) is 8.53. The highest BCUT2D eigenvalue weighted by Crippen LogP contribution is 2.32. The fourth-order valence-corrected chi connectivity index (χ4v) is 4.59. The Balaban J connectivity index is 1.60. The lowest BCUT2D eigenvalue weighted by molar-refractivity contribution is 0.0713. The summed E-state index contributed by atoms with van der Waals surface area (Å²) < 4.78 is 14.6. The maximum absolute atomic E-state index is 13.5. The van der Waals surface area contributed by atoms with Gasteiger partial charge in [0.1, 0.15) is 10.8 Å². The van der Waals surface area contributed by atoms with E-state index in [0.29, 0.717) is 29.9 Å². The Bertz CT molecular complexity index is 1340. The van der Waals surface area contributed by atoms with Gasteiger partial charge in [-0.3, -0.25) is 9.59 Å². The highest BCUT2D eigenvalue weighted by Gasteiger charge is 2.28. The molecule has 1 aliphatic heterocycles. The molecule has 1 amide bonds. The number of halogens is 2. The molecule has 8 heteroatoms. The van der Waals surface area contributed by atoms with E-state index in [0.717, 1.165) is 24.0 Å². The monoisotopic (exact) mass is 478 g/mol. The maximum Gasteiger partial charge on any atom is 0.271 e. The SMILES string of the molecule is Cc1cc(C#N)ccc1Nc1c(C(=O)N2CCC(c3ccc(F)cc3)CC2)cn(C)c(=O)c1Cl.